The Hall–Kier alpha value is -3.07. The third-order valence-corrected chi connectivity index (χ3v) is 4.47. The Morgan fingerprint density at radius 1 is 1.23 bits per heavy atom. The summed E-state index contributed by atoms with van der Waals surface area (Å²) in [6.07, 6.45) is 3.31. The van der Waals surface area contributed by atoms with Crippen molar-refractivity contribution in [2.45, 2.75) is 6.92 Å². The molecule has 1 aromatic carbocycles. The topological polar surface area (TPSA) is 86.5 Å². The fourth-order valence-corrected chi connectivity index (χ4v) is 3.32. The van der Waals surface area contributed by atoms with E-state index in [0.29, 0.717) is 34.2 Å². The first-order chi connectivity index (χ1) is 12.6. The number of carbonyl (C=O) groups excluding carboxylic acids is 1. The zero-order chi connectivity index (χ0) is 18.7. The van der Waals surface area contributed by atoms with Crippen LogP contribution in [0.15, 0.2) is 28.8 Å². The molecule has 0 atom stereocenters. The van der Waals surface area contributed by atoms with Crippen LogP contribution in [0, 0.1) is 6.92 Å². The Kier molecular flexibility index (Phi) is 5.08. The summed E-state index contributed by atoms with van der Waals surface area (Å²) in [5.74, 6) is 1.17. The summed E-state index contributed by atoms with van der Waals surface area (Å²) in [4.78, 5) is 17.5. The highest BCUT2D eigenvalue weighted by molar-refractivity contribution is 7.15. The molecule has 3 aromatic rings. The van der Waals surface area contributed by atoms with Crippen molar-refractivity contribution in [1.29, 1.82) is 0 Å². The second kappa shape index (κ2) is 7.44. The third-order valence-electron chi connectivity index (χ3n) is 3.72. The highest BCUT2D eigenvalue weighted by Crippen LogP contribution is 2.37. The van der Waals surface area contributed by atoms with Gasteiger partial charge in [-0.2, -0.15) is 5.10 Å². The third kappa shape index (κ3) is 3.21. The molecule has 0 saturated heterocycles. The van der Waals surface area contributed by atoms with E-state index in [1.54, 1.807) is 29.7 Å². The smallest absolute Gasteiger partial charge is 0.290 e. The molecule has 2 aromatic heterocycles. The molecule has 136 valence electrons. The summed E-state index contributed by atoms with van der Waals surface area (Å²) in [5.41, 5.74) is 4.32. The maximum atomic E-state index is 12.4. The molecule has 0 bridgehead atoms. The number of methoxy groups -OCH3 is 3. The van der Waals surface area contributed by atoms with E-state index in [1.165, 1.54) is 38.9 Å². The molecule has 0 saturated carbocycles. The van der Waals surface area contributed by atoms with Crippen LogP contribution in [-0.4, -0.2) is 42.8 Å². The van der Waals surface area contributed by atoms with Crippen molar-refractivity contribution in [3.8, 4) is 17.2 Å². The number of ether oxygens (including phenoxy) is 3. The summed E-state index contributed by atoms with van der Waals surface area (Å²) in [7, 11) is 4.61. The zero-order valence-corrected chi connectivity index (χ0v) is 15.6. The van der Waals surface area contributed by atoms with Crippen molar-refractivity contribution in [3.05, 3.63) is 40.7 Å². The van der Waals surface area contributed by atoms with Crippen LogP contribution in [0.5, 0.6) is 17.2 Å². The Morgan fingerprint density at radius 2 is 1.92 bits per heavy atom. The van der Waals surface area contributed by atoms with Crippen molar-refractivity contribution in [3.63, 3.8) is 0 Å². The van der Waals surface area contributed by atoms with Gasteiger partial charge in [-0.15, -0.1) is 11.3 Å². The van der Waals surface area contributed by atoms with Gasteiger partial charge in [0.25, 0.3) is 5.91 Å². The molecule has 0 unspecified atom stereocenters. The highest BCUT2D eigenvalue weighted by Gasteiger charge is 2.17. The van der Waals surface area contributed by atoms with Gasteiger partial charge < -0.3 is 14.2 Å². The van der Waals surface area contributed by atoms with E-state index < -0.39 is 0 Å². The molecule has 0 aliphatic heterocycles. The quantitative estimate of drug-likeness (QED) is 0.529. The van der Waals surface area contributed by atoms with Gasteiger partial charge in [-0.05, 0) is 19.1 Å². The zero-order valence-electron chi connectivity index (χ0n) is 14.8. The molecule has 0 radical (unpaired) electrons. The summed E-state index contributed by atoms with van der Waals surface area (Å²) in [5, 5.41) is 5.89. The maximum absolute atomic E-state index is 12.4. The van der Waals surface area contributed by atoms with Gasteiger partial charge in [0, 0.05) is 17.1 Å². The number of amides is 1. The minimum atomic E-state index is -0.336. The van der Waals surface area contributed by atoms with E-state index in [2.05, 4.69) is 15.5 Å². The van der Waals surface area contributed by atoms with Gasteiger partial charge >= 0.3 is 0 Å². The molecule has 1 N–H and O–H groups in total. The number of nitrogens with one attached hydrogen (secondary N) is 1. The van der Waals surface area contributed by atoms with E-state index in [9.17, 15) is 4.79 Å². The number of nitrogens with zero attached hydrogens (tertiary/aromatic N) is 3. The first kappa shape index (κ1) is 17.7. The minimum Gasteiger partial charge on any atom is -0.493 e. The Labute approximate surface area is 154 Å². The maximum Gasteiger partial charge on any atom is 0.290 e. The number of hydrazone groups is 1. The number of rotatable bonds is 6. The molecule has 0 spiro atoms. The van der Waals surface area contributed by atoms with Gasteiger partial charge in [0.1, 0.15) is 5.69 Å². The van der Waals surface area contributed by atoms with E-state index in [0.717, 1.165) is 4.96 Å². The molecule has 3 rings (SSSR count). The molecule has 2 heterocycles. The molecule has 0 fully saturated rings. The standard InChI is InChI=1S/C17H18N4O4S/c1-10-14(21-5-6-26-17(21)19-10)16(22)20-18-9-11-7-12(23-2)15(25-4)13(8-11)24-3/h5-9H,1-4H3,(H,20,22)/b18-9-. The van der Waals surface area contributed by atoms with Crippen LogP contribution < -0.4 is 19.6 Å². The molecule has 9 heteroatoms. The lowest BCUT2D eigenvalue weighted by atomic mass is 10.2. The highest BCUT2D eigenvalue weighted by atomic mass is 32.1. The van der Waals surface area contributed by atoms with Crippen LogP contribution in [0.4, 0.5) is 0 Å². The van der Waals surface area contributed by atoms with E-state index in [4.69, 9.17) is 14.2 Å². The van der Waals surface area contributed by atoms with Crippen molar-refractivity contribution in [2.75, 3.05) is 21.3 Å². The lowest BCUT2D eigenvalue weighted by Crippen LogP contribution is -2.20. The van der Waals surface area contributed by atoms with Crippen molar-refractivity contribution < 1.29 is 19.0 Å². The van der Waals surface area contributed by atoms with Crippen molar-refractivity contribution in [2.24, 2.45) is 5.10 Å². The number of benzene rings is 1. The number of aryl methyl sites for hydroxylation is 1. The number of hydrogen-bond acceptors (Lipinski definition) is 7. The van der Waals surface area contributed by atoms with Crippen LogP contribution in [-0.2, 0) is 0 Å². The SMILES string of the molecule is COc1cc(/C=N\NC(=O)c2c(C)nc3sccn23)cc(OC)c1OC. The van der Waals surface area contributed by atoms with Crippen LogP contribution >= 0.6 is 11.3 Å². The summed E-state index contributed by atoms with van der Waals surface area (Å²) >= 11 is 1.47. The molecule has 1 amide bonds. The van der Waals surface area contributed by atoms with Crippen LogP contribution in [0.25, 0.3) is 4.96 Å². The number of aromatic nitrogens is 2. The average Bonchev–Trinajstić information content (AvgIpc) is 3.20. The van der Waals surface area contributed by atoms with Crippen molar-refractivity contribution in [1.82, 2.24) is 14.8 Å². The summed E-state index contributed by atoms with van der Waals surface area (Å²) in [6, 6.07) is 3.47. The number of carbonyl (C=O) groups is 1. The largest absolute Gasteiger partial charge is 0.493 e. The van der Waals surface area contributed by atoms with Gasteiger partial charge in [0.15, 0.2) is 16.5 Å². The molecular formula is C17H18N4O4S. The number of fused-ring (bicyclic) bond motifs is 1. The molecular weight excluding hydrogens is 356 g/mol. The Balaban J connectivity index is 1.81. The van der Waals surface area contributed by atoms with Gasteiger partial charge in [-0.25, -0.2) is 10.4 Å². The Bertz CT molecular complexity index is 951. The molecule has 0 aliphatic carbocycles. The van der Waals surface area contributed by atoms with Gasteiger partial charge in [0.05, 0.1) is 33.2 Å². The van der Waals surface area contributed by atoms with Crippen LogP contribution in [0.2, 0.25) is 0 Å². The number of thiazole rings is 1. The van der Waals surface area contributed by atoms with Gasteiger partial charge in [-0.1, -0.05) is 0 Å². The summed E-state index contributed by atoms with van der Waals surface area (Å²) in [6.45, 7) is 1.79. The first-order valence-electron chi connectivity index (χ1n) is 7.64. The molecule has 26 heavy (non-hydrogen) atoms. The summed E-state index contributed by atoms with van der Waals surface area (Å²) < 4.78 is 17.6. The fourth-order valence-electron chi connectivity index (χ4n) is 2.56. The lowest BCUT2D eigenvalue weighted by molar-refractivity contribution is 0.0948. The minimum absolute atomic E-state index is 0.336. The first-order valence-corrected chi connectivity index (χ1v) is 8.52. The van der Waals surface area contributed by atoms with Crippen molar-refractivity contribution >= 4 is 28.4 Å². The van der Waals surface area contributed by atoms with Gasteiger partial charge in [0.2, 0.25) is 5.75 Å². The van der Waals surface area contributed by atoms with Crippen LogP contribution in [0.3, 0.4) is 0 Å². The molecule has 0 aliphatic rings. The number of hydrogen-bond donors (Lipinski definition) is 1. The monoisotopic (exact) mass is 374 g/mol. The second-order valence-electron chi connectivity index (χ2n) is 5.26. The Morgan fingerprint density at radius 3 is 2.54 bits per heavy atom. The predicted octanol–water partition coefficient (Wildman–Crippen LogP) is 2.49. The van der Waals surface area contributed by atoms with E-state index >= 15 is 0 Å². The molecule has 8 nitrogen and oxygen atoms in total. The lowest BCUT2D eigenvalue weighted by Gasteiger charge is -2.12. The van der Waals surface area contributed by atoms with E-state index in [-0.39, 0.29) is 5.91 Å². The average molecular weight is 374 g/mol. The predicted molar refractivity (Wildman–Crippen MR) is 99.0 cm³/mol. The fraction of sp³-hybridized carbons (Fsp3) is 0.235. The second-order valence-corrected chi connectivity index (χ2v) is 6.13. The van der Waals surface area contributed by atoms with Gasteiger partial charge in [-0.3, -0.25) is 9.20 Å². The van der Waals surface area contributed by atoms with E-state index in [1.807, 2.05) is 5.38 Å². The number of imidazole rings is 1. The normalized spacial score (nSPS) is 11.1. The van der Waals surface area contributed by atoms with Crippen LogP contribution in [0.1, 0.15) is 21.7 Å².